The van der Waals surface area contributed by atoms with Crippen LogP contribution in [0.5, 0.6) is 5.75 Å². The van der Waals surface area contributed by atoms with Crippen LogP contribution in [-0.2, 0) is 32.6 Å². The zero-order valence-corrected chi connectivity index (χ0v) is 28.1. The van der Waals surface area contributed by atoms with Gasteiger partial charge in [0.2, 0.25) is 11.8 Å². The van der Waals surface area contributed by atoms with E-state index in [1.807, 2.05) is 75.4 Å². The summed E-state index contributed by atoms with van der Waals surface area (Å²) in [6.45, 7) is 5.36. The molecular formula is C36H40ClN3O5S. The third-order valence-electron chi connectivity index (χ3n) is 7.78. The van der Waals surface area contributed by atoms with E-state index in [2.05, 4.69) is 5.32 Å². The Morgan fingerprint density at radius 2 is 1.52 bits per heavy atom. The van der Waals surface area contributed by atoms with Gasteiger partial charge in [0.1, 0.15) is 18.3 Å². The van der Waals surface area contributed by atoms with Crippen LogP contribution in [0.2, 0.25) is 5.02 Å². The highest BCUT2D eigenvalue weighted by Gasteiger charge is 2.35. The van der Waals surface area contributed by atoms with Gasteiger partial charge in [-0.2, -0.15) is 0 Å². The highest BCUT2D eigenvalue weighted by molar-refractivity contribution is 7.92. The van der Waals surface area contributed by atoms with Gasteiger partial charge < -0.3 is 15.0 Å². The van der Waals surface area contributed by atoms with Crippen molar-refractivity contribution in [2.24, 2.45) is 0 Å². The molecule has 4 rings (SSSR count). The Kier molecular flexibility index (Phi) is 11.8. The molecule has 0 radical (unpaired) electrons. The minimum atomic E-state index is -4.24. The minimum absolute atomic E-state index is 0.00942. The molecule has 0 aliphatic rings. The number of anilines is 1. The summed E-state index contributed by atoms with van der Waals surface area (Å²) >= 11 is 6.44. The first-order valence-corrected chi connectivity index (χ1v) is 17.0. The van der Waals surface area contributed by atoms with Crippen molar-refractivity contribution in [1.82, 2.24) is 10.2 Å². The van der Waals surface area contributed by atoms with Crippen LogP contribution in [0.4, 0.5) is 5.69 Å². The van der Waals surface area contributed by atoms with Crippen LogP contribution in [-0.4, -0.2) is 50.9 Å². The Morgan fingerprint density at radius 3 is 2.11 bits per heavy atom. The van der Waals surface area contributed by atoms with E-state index in [4.69, 9.17) is 16.3 Å². The SMILES string of the molecule is CC[C@@H](C)NC(=O)[C@@H](Cc1ccccc1)N(Cc1ccc(C)cc1)C(=O)CN(c1ccc(OC)c(Cl)c1)S(=O)(=O)c1ccccc1. The number of nitrogens with one attached hydrogen (secondary N) is 1. The van der Waals surface area contributed by atoms with Crippen molar-refractivity contribution >= 4 is 39.1 Å². The lowest BCUT2D eigenvalue weighted by molar-refractivity contribution is -0.140. The molecule has 0 saturated carbocycles. The topological polar surface area (TPSA) is 96.0 Å². The summed E-state index contributed by atoms with van der Waals surface area (Å²) in [6.07, 6.45) is 0.942. The Morgan fingerprint density at radius 1 is 0.891 bits per heavy atom. The second-order valence-electron chi connectivity index (χ2n) is 11.2. The van der Waals surface area contributed by atoms with Crippen molar-refractivity contribution in [3.05, 3.63) is 125 Å². The molecule has 0 spiro atoms. The molecule has 1 N–H and O–H groups in total. The summed E-state index contributed by atoms with van der Waals surface area (Å²) in [4.78, 5) is 30.0. The third-order valence-corrected chi connectivity index (χ3v) is 9.86. The van der Waals surface area contributed by atoms with E-state index >= 15 is 0 Å². The second-order valence-corrected chi connectivity index (χ2v) is 13.4. The summed E-state index contributed by atoms with van der Waals surface area (Å²) in [5.74, 6) is -0.504. The van der Waals surface area contributed by atoms with E-state index in [9.17, 15) is 18.0 Å². The summed E-state index contributed by atoms with van der Waals surface area (Å²) in [5.41, 5.74) is 2.90. The summed E-state index contributed by atoms with van der Waals surface area (Å²) in [6, 6.07) is 28.5. The van der Waals surface area contributed by atoms with Crippen molar-refractivity contribution in [3.8, 4) is 5.75 Å². The molecule has 0 saturated heterocycles. The fourth-order valence-electron chi connectivity index (χ4n) is 4.94. The van der Waals surface area contributed by atoms with Crippen molar-refractivity contribution in [3.63, 3.8) is 0 Å². The highest BCUT2D eigenvalue weighted by Crippen LogP contribution is 2.32. The van der Waals surface area contributed by atoms with Crippen LogP contribution < -0.4 is 14.4 Å². The van der Waals surface area contributed by atoms with Crippen LogP contribution in [0.25, 0.3) is 0 Å². The molecular weight excluding hydrogens is 622 g/mol. The van der Waals surface area contributed by atoms with E-state index in [0.29, 0.717) is 12.2 Å². The molecule has 0 aromatic heterocycles. The van der Waals surface area contributed by atoms with Crippen LogP contribution >= 0.6 is 11.6 Å². The summed E-state index contributed by atoms with van der Waals surface area (Å²) < 4.78 is 34.6. The smallest absolute Gasteiger partial charge is 0.264 e. The van der Waals surface area contributed by atoms with Gasteiger partial charge in [-0.15, -0.1) is 0 Å². The minimum Gasteiger partial charge on any atom is -0.495 e. The van der Waals surface area contributed by atoms with Crippen LogP contribution in [0.15, 0.2) is 108 Å². The van der Waals surface area contributed by atoms with E-state index < -0.39 is 28.5 Å². The Balaban J connectivity index is 1.82. The standard InChI is InChI=1S/C36H40ClN3O5S/c1-5-27(3)38-36(42)33(22-28-12-8-6-9-13-28)39(24-29-18-16-26(2)17-19-29)35(41)25-40(30-20-21-34(45-4)32(37)23-30)46(43,44)31-14-10-7-11-15-31/h6-21,23,27,33H,5,22,24-25H2,1-4H3,(H,38,42)/t27-,33-/m1/s1. The number of carbonyl (C=O) groups is 2. The molecule has 0 aliphatic heterocycles. The highest BCUT2D eigenvalue weighted by atomic mass is 35.5. The quantitative estimate of drug-likeness (QED) is 0.169. The van der Waals surface area contributed by atoms with Crippen molar-refractivity contribution in [2.75, 3.05) is 18.0 Å². The average Bonchev–Trinajstić information content (AvgIpc) is 3.06. The first-order valence-electron chi connectivity index (χ1n) is 15.1. The molecule has 242 valence electrons. The number of aryl methyl sites for hydroxylation is 1. The van der Waals surface area contributed by atoms with Crippen molar-refractivity contribution in [1.29, 1.82) is 0 Å². The lowest BCUT2D eigenvalue weighted by Crippen LogP contribution is -2.54. The van der Waals surface area contributed by atoms with Gasteiger partial charge in [0.15, 0.2) is 0 Å². The van der Waals surface area contributed by atoms with Gasteiger partial charge in [0.25, 0.3) is 10.0 Å². The van der Waals surface area contributed by atoms with E-state index in [1.54, 1.807) is 30.3 Å². The Hall–Kier alpha value is -4.34. The van der Waals surface area contributed by atoms with Crippen LogP contribution in [0.1, 0.15) is 37.0 Å². The predicted octanol–water partition coefficient (Wildman–Crippen LogP) is 6.41. The molecule has 8 nitrogen and oxygen atoms in total. The number of ether oxygens (including phenoxy) is 1. The molecule has 0 heterocycles. The normalized spacial score (nSPS) is 12.5. The monoisotopic (exact) mass is 661 g/mol. The number of benzene rings is 4. The number of sulfonamides is 1. The molecule has 2 amide bonds. The molecule has 0 fully saturated rings. The fourth-order valence-corrected chi connectivity index (χ4v) is 6.62. The molecule has 2 atom stereocenters. The van der Waals surface area contributed by atoms with Crippen LogP contribution in [0.3, 0.4) is 0 Å². The van der Waals surface area contributed by atoms with Gasteiger partial charge in [-0.25, -0.2) is 8.42 Å². The molecule has 0 unspecified atom stereocenters. The lowest BCUT2D eigenvalue weighted by atomic mass is 10.0. The van der Waals surface area contributed by atoms with Crippen LogP contribution in [0, 0.1) is 6.92 Å². The number of nitrogens with zero attached hydrogens (tertiary/aromatic N) is 2. The lowest BCUT2D eigenvalue weighted by Gasteiger charge is -2.34. The largest absolute Gasteiger partial charge is 0.495 e. The number of carbonyl (C=O) groups excluding carboxylic acids is 2. The maximum Gasteiger partial charge on any atom is 0.264 e. The van der Waals surface area contributed by atoms with Crippen molar-refractivity contribution < 1.29 is 22.7 Å². The molecule has 46 heavy (non-hydrogen) atoms. The third kappa shape index (κ3) is 8.68. The maximum absolute atomic E-state index is 14.6. The first-order chi connectivity index (χ1) is 22.0. The van der Waals surface area contributed by atoms with E-state index in [-0.39, 0.29) is 40.5 Å². The number of methoxy groups -OCH3 is 1. The molecule has 0 aliphatic carbocycles. The number of halogens is 1. The number of rotatable bonds is 14. The number of amides is 2. The van der Waals surface area contributed by atoms with Gasteiger partial charge in [-0.05, 0) is 61.7 Å². The summed E-state index contributed by atoms with van der Waals surface area (Å²) in [7, 11) is -2.78. The van der Waals surface area contributed by atoms with Gasteiger partial charge in [0.05, 0.1) is 22.7 Å². The first kappa shape index (κ1) is 34.5. The van der Waals surface area contributed by atoms with Gasteiger partial charge in [-0.3, -0.25) is 13.9 Å². The zero-order valence-electron chi connectivity index (χ0n) is 26.5. The maximum atomic E-state index is 14.6. The zero-order chi connectivity index (χ0) is 33.3. The summed E-state index contributed by atoms with van der Waals surface area (Å²) in [5, 5.41) is 3.23. The Bertz CT molecular complexity index is 1720. The molecule has 10 heteroatoms. The fraction of sp³-hybridized carbons (Fsp3) is 0.278. The molecule has 0 bridgehead atoms. The second kappa shape index (κ2) is 15.8. The predicted molar refractivity (Wildman–Crippen MR) is 183 cm³/mol. The van der Waals surface area contributed by atoms with Crippen molar-refractivity contribution in [2.45, 2.75) is 57.1 Å². The molecule has 4 aromatic rings. The average molecular weight is 662 g/mol. The van der Waals surface area contributed by atoms with E-state index in [1.165, 1.54) is 30.2 Å². The molecule has 4 aromatic carbocycles. The van der Waals surface area contributed by atoms with Gasteiger partial charge >= 0.3 is 0 Å². The number of hydrogen-bond donors (Lipinski definition) is 1. The van der Waals surface area contributed by atoms with E-state index in [0.717, 1.165) is 21.0 Å². The number of hydrogen-bond acceptors (Lipinski definition) is 5. The van der Waals surface area contributed by atoms with Gasteiger partial charge in [0, 0.05) is 19.0 Å². The van der Waals surface area contributed by atoms with Gasteiger partial charge in [-0.1, -0.05) is 96.9 Å². The Labute approximate surface area is 277 Å².